The number of nitrogens with zero attached hydrogens (tertiary/aromatic N) is 3. The van der Waals surface area contributed by atoms with E-state index >= 15 is 0 Å². The fourth-order valence-corrected chi connectivity index (χ4v) is 2.43. The molecule has 0 spiro atoms. The van der Waals surface area contributed by atoms with Crippen LogP contribution in [0.4, 0.5) is 5.82 Å². The molecular weight excluding hydrogens is 238 g/mol. The Morgan fingerprint density at radius 3 is 2.74 bits per heavy atom. The highest BCUT2D eigenvalue weighted by Crippen LogP contribution is 2.27. The van der Waals surface area contributed by atoms with E-state index in [2.05, 4.69) is 20.4 Å². The Hall–Kier alpha value is -2.01. The molecule has 0 atom stereocenters. The van der Waals surface area contributed by atoms with Crippen molar-refractivity contribution in [3.8, 4) is 11.5 Å². The van der Waals surface area contributed by atoms with Gasteiger partial charge in [0.1, 0.15) is 11.5 Å². The quantitative estimate of drug-likeness (QED) is 0.634. The average Bonchev–Trinajstić information content (AvgIpc) is 2.47. The SMILES string of the molecule is Cc1ccc(-c2nc3c(c(NN)n2)CCCC3)nc1. The van der Waals surface area contributed by atoms with Gasteiger partial charge in [-0.2, -0.15) is 0 Å². The molecule has 19 heavy (non-hydrogen) atoms. The zero-order valence-electron chi connectivity index (χ0n) is 11.0. The first-order valence-corrected chi connectivity index (χ1v) is 6.57. The summed E-state index contributed by atoms with van der Waals surface area (Å²) in [6, 6.07) is 3.96. The molecule has 0 aliphatic heterocycles. The number of rotatable bonds is 2. The van der Waals surface area contributed by atoms with E-state index in [-0.39, 0.29) is 0 Å². The van der Waals surface area contributed by atoms with Crippen LogP contribution in [-0.4, -0.2) is 15.0 Å². The molecule has 3 rings (SSSR count). The summed E-state index contributed by atoms with van der Waals surface area (Å²) in [5.74, 6) is 6.97. The number of hydrogen-bond donors (Lipinski definition) is 2. The van der Waals surface area contributed by atoms with Crippen LogP contribution in [0.2, 0.25) is 0 Å². The topological polar surface area (TPSA) is 76.7 Å². The molecule has 98 valence electrons. The number of pyridine rings is 1. The number of anilines is 1. The third-order valence-corrected chi connectivity index (χ3v) is 3.46. The lowest BCUT2D eigenvalue weighted by atomic mass is 9.96. The van der Waals surface area contributed by atoms with Gasteiger partial charge >= 0.3 is 0 Å². The van der Waals surface area contributed by atoms with Gasteiger partial charge in [-0.15, -0.1) is 0 Å². The van der Waals surface area contributed by atoms with Crippen LogP contribution >= 0.6 is 0 Å². The molecule has 0 saturated heterocycles. The van der Waals surface area contributed by atoms with Gasteiger partial charge in [-0.3, -0.25) is 4.98 Å². The Kier molecular flexibility index (Phi) is 3.13. The number of aryl methyl sites for hydroxylation is 2. The van der Waals surface area contributed by atoms with E-state index in [0.29, 0.717) is 5.82 Å². The third kappa shape index (κ3) is 2.29. The highest BCUT2D eigenvalue weighted by molar-refractivity contribution is 5.57. The maximum atomic E-state index is 5.58. The van der Waals surface area contributed by atoms with Gasteiger partial charge in [-0.1, -0.05) is 6.07 Å². The van der Waals surface area contributed by atoms with Crippen LogP contribution in [-0.2, 0) is 12.8 Å². The molecule has 2 heterocycles. The normalized spacial score (nSPS) is 14.0. The van der Waals surface area contributed by atoms with Crippen LogP contribution in [0.3, 0.4) is 0 Å². The molecule has 5 heteroatoms. The first kappa shape index (κ1) is 12.0. The van der Waals surface area contributed by atoms with E-state index in [0.717, 1.165) is 41.2 Å². The van der Waals surface area contributed by atoms with Crippen LogP contribution in [0.15, 0.2) is 18.3 Å². The molecule has 5 nitrogen and oxygen atoms in total. The largest absolute Gasteiger partial charge is 0.308 e. The Morgan fingerprint density at radius 2 is 2.00 bits per heavy atom. The highest BCUT2D eigenvalue weighted by Gasteiger charge is 2.18. The van der Waals surface area contributed by atoms with Crippen LogP contribution in [0, 0.1) is 6.92 Å². The van der Waals surface area contributed by atoms with Crippen molar-refractivity contribution in [1.82, 2.24) is 15.0 Å². The second kappa shape index (κ2) is 4.93. The molecule has 0 unspecified atom stereocenters. The minimum Gasteiger partial charge on any atom is -0.308 e. The molecule has 0 saturated carbocycles. The molecule has 3 N–H and O–H groups in total. The fraction of sp³-hybridized carbons (Fsp3) is 0.357. The minimum atomic E-state index is 0.647. The van der Waals surface area contributed by atoms with Crippen molar-refractivity contribution in [3.63, 3.8) is 0 Å². The molecule has 2 aromatic rings. The van der Waals surface area contributed by atoms with Gasteiger partial charge in [0.2, 0.25) is 0 Å². The number of nitrogens with one attached hydrogen (secondary N) is 1. The summed E-state index contributed by atoms with van der Waals surface area (Å²) in [5, 5.41) is 0. The number of aromatic nitrogens is 3. The molecule has 0 radical (unpaired) electrons. The predicted molar refractivity (Wildman–Crippen MR) is 74.5 cm³/mol. The van der Waals surface area contributed by atoms with Gasteiger partial charge in [-0.25, -0.2) is 15.8 Å². The zero-order chi connectivity index (χ0) is 13.2. The molecule has 0 amide bonds. The summed E-state index contributed by atoms with van der Waals surface area (Å²) in [4.78, 5) is 13.5. The molecule has 0 aromatic carbocycles. The number of hydrazine groups is 1. The van der Waals surface area contributed by atoms with Crippen molar-refractivity contribution in [2.75, 3.05) is 5.43 Å². The lowest BCUT2D eigenvalue weighted by Gasteiger charge is -2.18. The van der Waals surface area contributed by atoms with Gasteiger partial charge < -0.3 is 5.43 Å². The van der Waals surface area contributed by atoms with Crippen molar-refractivity contribution in [3.05, 3.63) is 35.2 Å². The fourth-order valence-electron chi connectivity index (χ4n) is 2.43. The average molecular weight is 255 g/mol. The van der Waals surface area contributed by atoms with Crippen molar-refractivity contribution in [1.29, 1.82) is 0 Å². The van der Waals surface area contributed by atoms with Crippen molar-refractivity contribution >= 4 is 5.82 Å². The monoisotopic (exact) mass is 255 g/mol. The van der Waals surface area contributed by atoms with Crippen molar-refractivity contribution in [2.45, 2.75) is 32.6 Å². The van der Waals surface area contributed by atoms with E-state index in [1.165, 1.54) is 12.8 Å². The predicted octanol–water partition coefficient (Wildman–Crippen LogP) is 2.01. The van der Waals surface area contributed by atoms with E-state index in [4.69, 9.17) is 5.84 Å². The first-order valence-electron chi connectivity index (χ1n) is 6.57. The third-order valence-electron chi connectivity index (χ3n) is 3.46. The molecular formula is C14H17N5. The van der Waals surface area contributed by atoms with Crippen LogP contribution < -0.4 is 11.3 Å². The summed E-state index contributed by atoms with van der Waals surface area (Å²) in [7, 11) is 0. The Labute approximate surface area is 112 Å². The van der Waals surface area contributed by atoms with Crippen LogP contribution in [0.25, 0.3) is 11.5 Å². The molecule has 2 aromatic heterocycles. The Bertz CT molecular complexity index is 574. The van der Waals surface area contributed by atoms with Crippen LogP contribution in [0.1, 0.15) is 29.7 Å². The van der Waals surface area contributed by atoms with Gasteiger partial charge in [-0.05, 0) is 44.2 Å². The second-order valence-corrected chi connectivity index (χ2v) is 4.89. The van der Waals surface area contributed by atoms with Gasteiger partial charge in [0.15, 0.2) is 5.82 Å². The number of nitrogens with two attached hydrogens (primary N) is 1. The lowest BCUT2D eigenvalue weighted by Crippen LogP contribution is -2.17. The molecule has 0 bridgehead atoms. The lowest BCUT2D eigenvalue weighted by molar-refractivity contribution is 0.664. The summed E-state index contributed by atoms with van der Waals surface area (Å²) in [6.07, 6.45) is 6.16. The first-order chi connectivity index (χ1) is 9.28. The van der Waals surface area contributed by atoms with E-state index in [1.54, 1.807) is 0 Å². The number of nitrogen functional groups attached to an aromatic ring is 1. The molecule has 0 fully saturated rings. The van der Waals surface area contributed by atoms with E-state index < -0.39 is 0 Å². The van der Waals surface area contributed by atoms with Crippen molar-refractivity contribution in [2.24, 2.45) is 5.84 Å². The van der Waals surface area contributed by atoms with Crippen LogP contribution in [0.5, 0.6) is 0 Å². The Morgan fingerprint density at radius 1 is 1.16 bits per heavy atom. The highest BCUT2D eigenvalue weighted by atomic mass is 15.3. The standard InChI is InChI=1S/C14H17N5/c1-9-6-7-12(16-8-9)14-17-11-5-3-2-4-10(11)13(18-14)19-15/h6-8H,2-5,15H2,1H3,(H,17,18,19). The summed E-state index contributed by atoms with van der Waals surface area (Å²) in [6.45, 7) is 2.01. The van der Waals surface area contributed by atoms with Gasteiger partial charge in [0, 0.05) is 17.5 Å². The summed E-state index contributed by atoms with van der Waals surface area (Å²) in [5.41, 5.74) is 6.87. The van der Waals surface area contributed by atoms with Gasteiger partial charge in [0.25, 0.3) is 0 Å². The number of hydrogen-bond acceptors (Lipinski definition) is 5. The van der Waals surface area contributed by atoms with E-state index in [1.807, 2.05) is 25.3 Å². The Balaban J connectivity index is 2.09. The number of fused-ring (bicyclic) bond motifs is 1. The zero-order valence-corrected chi connectivity index (χ0v) is 11.0. The second-order valence-electron chi connectivity index (χ2n) is 4.89. The maximum absolute atomic E-state index is 5.58. The molecule has 1 aliphatic carbocycles. The smallest absolute Gasteiger partial charge is 0.180 e. The van der Waals surface area contributed by atoms with Crippen molar-refractivity contribution < 1.29 is 0 Å². The van der Waals surface area contributed by atoms with Gasteiger partial charge in [0.05, 0.1) is 0 Å². The maximum Gasteiger partial charge on any atom is 0.180 e. The van der Waals surface area contributed by atoms with E-state index in [9.17, 15) is 0 Å². The molecule has 1 aliphatic rings. The summed E-state index contributed by atoms with van der Waals surface area (Å²) < 4.78 is 0. The summed E-state index contributed by atoms with van der Waals surface area (Å²) >= 11 is 0. The minimum absolute atomic E-state index is 0.647.